The number of rotatable bonds is 5. The minimum absolute atomic E-state index is 0.0598. The minimum Gasteiger partial charge on any atom is -0.449 e. The summed E-state index contributed by atoms with van der Waals surface area (Å²) in [6.07, 6.45) is -0.730. The maximum atomic E-state index is 12.4. The molecule has 0 N–H and O–H groups in total. The van der Waals surface area contributed by atoms with Gasteiger partial charge in [-0.05, 0) is 43.3 Å². The number of carbonyl (C=O) groups is 1. The predicted octanol–water partition coefficient (Wildman–Crippen LogP) is 5.57. The van der Waals surface area contributed by atoms with Gasteiger partial charge in [0.15, 0.2) is 6.10 Å². The van der Waals surface area contributed by atoms with Crippen LogP contribution in [0, 0.1) is 0 Å². The third-order valence-electron chi connectivity index (χ3n) is 4.04. The second-order valence-corrected chi connectivity index (χ2v) is 6.41. The molecule has 0 amide bonds. The lowest BCUT2D eigenvalue weighted by atomic mass is 10.2. The van der Waals surface area contributed by atoms with Crippen LogP contribution < -0.4 is 0 Å². The summed E-state index contributed by atoms with van der Waals surface area (Å²) in [7, 11) is 0. The Kier molecular flexibility index (Phi) is 4.95. The Morgan fingerprint density at radius 1 is 0.964 bits per heavy atom. The van der Waals surface area contributed by atoms with E-state index in [2.05, 4.69) is 10.2 Å². The molecule has 4 aromatic rings. The highest BCUT2D eigenvalue weighted by Gasteiger charge is 2.22. The van der Waals surface area contributed by atoms with Gasteiger partial charge in [0.2, 0.25) is 11.7 Å². The van der Waals surface area contributed by atoms with Crippen molar-refractivity contribution in [3.8, 4) is 22.8 Å². The fourth-order valence-electron chi connectivity index (χ4n) is 2.62. The van der Waals surface area contributed by atoms with Gasteiger partial charge < -0.3 is 13.6 Å². The van der Waals surface area contributed by atoms with E-state index in [1.165, 1.54) is 6.07 Å². The molecule has 0 aliphatic carbocycles. The van der Waals surface area contributed by atoms with E-state index in [9.17, 15) is 4.79 Å². The van der Waals surface area contributed by atoms with E-state index in [-0.39, 0.29) is 11.7 Å². The fraction of sp³-hybridized carbons (Fsp3) is 0.0952. The fourth-order valence-corrected chi connectivity index (χ4v) is 2.85. The first-order valence-corrected chi connectivity index (χ1v) is 8.94. The SMILES string of the molecule is C[C@H](OC(=O)c1ccc(-c2ccccc2Cl)o1)c1nnc(-c2ccccc2)o1. The van der Waals surface area contributed by atoms with Crippen LogP contribution >= 0.6 is 11.6 Å². The topological polar surface area (TPSA) is 78.4 Å². The number of hydrogen-bond acceptors (Lipinski definition) is 6. The monoisotopic (exact) mass is 394 g/mol. The molecule has 2 aromatic carbocycles. The number of nitrogens with zero attached hydrogens (tertiary/aromatic N) is 2. The molecule has 0 spiro atoms. The van der Waals surface area contributed by atoms with Gasteiger partial charge in [0.25, 0.3) is 5.89 Å². The van der Waals surface area contributed by atoms with E-state index < -0.39 is 12.1 Å². The Hall–Kier alpha value is -3.38. The normalized spacial score (nSPS) is 11.9. The average Bonchev–Trinajstić information content (AvgIpc) is 3.39. The molecule has 2 aromatic heterocycles. The molecular formula is C21H15ClN2O4. The quantitative estimate of drug-likeness (QED) is 0.412. The number of esters is 1. The number of halogens is 1. The van der Waals surface area contributed by atoms with E-state index in [1.807, 2.05) is 48.5 Å². The van der Waals surface area contributed by atoms with Gasteiger partial charge in [-0.15, -0.1) is 10.2 Å². The molecule has 4 rings (SSSR count). The van der Waals surface area contributed by atoms with Crippen molar-refractivity contribution in [2.45, 2.75) is 13.0 Å². The molecule has 0 aliphatic rings. The zero-order valence-electron chi connectivity index (χ0n) is 14.8. The van der Waals surface area contributed by atoms with Gasteiger partial charge >= 0.3 is 5.97 Å². The first-order chi connectivity index (χ1) is 13.6. The highest BCUT2D eigenvalue weighted by atomic mass is 35.5. The Bertz CT molecular complexity index is 1100. The van der Waals surface area contributed by atoms with Crippen molar-refractivity contribution < 1.29 is 18.4 Å². The first kappa shape index (κ1) is 18.0. The molecule has 1 atom stereocenters. The van der Waals surface area contributed by atoms with E-state index in [1.54, 1.807) is 19.1 Å². The summed E-state index contributed by atoms with van der Waals surface area (Å²) in [4.78, 5) is 12.4. The van der Waals surface area contributed by atoms with Crippen molar-refractivity contribution in [1.82, 2.24) is 10.2 Å². The molecule has 140 valence electrons. The Labute approximate surface area is 165 Å². The second-order valence-electron chi connectivity index (χ2n) is 6.00. The maximum Gasteiger partial charge on any atom is 0.375 e. The first-order valence-electron chi connectivity index (χ1n) is 8.56. The van der Waals surface area contributed by atoms with Crippen LogP contribution in [0.15, 0.2) is 75.6 Å². The lowest BCUT2D eigenvalue weighted by Crippen LogP contribution is -2.08. The molecule has 0 bridgehead atoms. The van der Waals surface area contributed by atoms with E-state index in [0.717, 1.165) is 5.56 Å². The molecule has 0 fully saturated rings. The number of aromatic nitrogens is 2. The predicted molar refractivity (Wildman–Crippen MR) is 103 cm³/mol. The van der Waals surface area contributed by atoms with Crippen molar-refractivity contribution in [2.75, 3.05) is 0 Å². The number of hydrogen-bond donors (Lipinski definition) is 0. The number of carbonyl (C=O) groups excluding carboxylic acids is 1. The summed E-state index contributed by atoms with van der Waals surface area (Å²) in [5, 5.41) is 8.49. The van der Waals surface area contributed by atoms with Crippen molar-refractivity contribution in [1.29, 1.82) is 0 Å². The Morgan fingerprint density at radius 2 is 1.71 bits per heavy atom. The summed E-state index contributed by atoms with van der Waals surface area (Å²) >= 11 is 6.16. The van der Waals surface area contributed by atoms with Crippen molar-refractivity contribution >= 4 is 17.6 Å². The molecule has 0 saturated heterocycles. The van der Waals surface area contributed by atoms with E-state index in [4.69, 9.17) is 25.2 Å². The summed E-state index contributed by atoms with van der Waals surface area (Å²) in [6, 6.07) is 19.8. The molecule has 7 heteroatoms. The lowest BCUT2D eigenvalue weighted by Gasteiger charge is -2.07. The van der Waals surface area contributed by atoms with Gasteiger partial charge in [-0.25, -0.2) is 4.79 Å². The highest BCUT2D eigenvalue weighted by molar-refractivity contribution is 6.33. The molecule has 0 aliphatic heterocycles. The number of benzene rings is 2. The second kappa shape index (κ2) is 7.70. The Balaban J connectivity index is 1.47. The summed E-state index contributed by atoms with van der Waals surface area (Å²) in [5.41, 5.74) is 1.48. The molecule has 0 radical (unpaired) electrons. The zero-order chi connectivity index (χ0) is 19.5. The highest BCUT2D eigenvalue weighted by Crippen LogP contribution is 2.30. The molecule has 28 heavy (non-hydrogen) atoms. The average molecular weight is 395 g/mol. The van der Waals surface area contributed by atoms with Crippen LogP contribution in [0.4, 0.5) is 0 Å². The third-order valence-corrected chi connectivity index (χ3v) is 4.37. The van der Waals surface area contributed by atoms with Crippen molar-refractivity contribution in [2.24, 2.45) is 0 Å². The van der Waals surface area contributed by atoms with E-state index >= 15 is 0 Å². The van der Waals surface area contributed by atoms with Crippen LogP contribution in [0.1, 0.15) is 29.5 Å². The van der Waals surface area contributed by atoms with Gasteiger partial charge in [0, 0.05) is 11.1 Å². The minimum atomic E-state index is -0.730. The van der Waals surface area contributed by atoms with Gasteiger partial charge in [0.1, 0.15) is 5.76 Å². The summed E-state index contributed by atoms with van der Waals surface area (Å²) in [6.45, 7) is 1.65. The molecule has 6 nitrogen and oxygen atoms in total. The molecular weight excluding hydrogens is 380 g/mol. The number of furan rings is 1. The van der Waals surface area contributed by atoms with Gasteiger partial charge in [-0.2, -0.15) is 0 Å². The largest absolute Gasteiger partial charge is 0.449 e. The van der Waals surface area contributed by atoms with Crippen LogP contribution in [-0.2, 0) is 4.74 Å². The molecule has 0 saturated carbocycles. The van der Waals surface area contributed by atoms with Crippen LogP contribution in [0.5, 0.6) is 0 Å². The molecule has 0 unspecified atom stereocenters. The molecule has 2 heterocycles. The van der Waals surface area contributed by atoms with E-state index in [0.29, 0.717) is 22.2 Å². The van der Waals surface area contributed by atoms with Crippen LogP contribution in [-0.4, -0.2) is 16.2 Å². The van der Waals surface area contributed by atoms with Crippen molar-refractivity contribution in [3.63, 3.8) is 0 Å². The maximum absolute atomic E-state index is 12.4. The third kappa shape index (κ3) is 3.68. The summed E-state index contributed by atoms with van der Waals surface area (Å²) in [5.74, 6) is 0.465. The number of ether oxygens (including phenoxy) is 1. The zero-order valence-corrected chi connectivity index (χ0v) is 15.6. The van der Waals surface area contributed by atoms with Crippen LogP contribution in [0.2, 0.25) is 5.02 Å². The van der Waals surface area contributed by atoms with Crippen LogP contribution in [0.3, 0.4) is 0 Å². The Morgan fingerprint density at radius 3 is 2.50 bits per heavy atom. The lowest BCUT2D eigenvalue weighted by molar-refractivity contribution is 0.0245. The van der Waals surface area contributed by atoms with Gasteiger partial charge in [0.05, 0.1) is 5.02 Å². The van der Waals surface area contributed by atoms with Crippen LogP contribution in [0.25, 0.3) is 22.8 Å². The van der Waals surface area contributed by atoms with Gasteiger partial charge in [-0.1, -0.05) is 41.9 Å². The smallest absolute Gasteiger partial charge is 0.375 e. The summed E-state index contributed by atoms with van der Waals surface area (Å²) < 4.78 is 16.6. The van der Waals surface area contributed by atoms with Crippen molar-refractivity contribution in [3.05, 3.63) is 83.4 Å². The standard InChI is InChI=1S/C21H15ClN2O4/c1-13(19-23-24-20(28-19)14-7-3-2-4-8-14)26-21(25)18-12-11-17(27-18)15-9-5-6-10-16(15)22/h2-13H,1H3/t13-/m0/s1. The van der Waals surface area contributed by atoms with Gasteiger partial charge in [-0.3, -0.25) is 0 Å².